The smallest absolute Gasteiger partial charge is 0.262 e. The van der Waals surface area contributed by atoms with Gasteiger partial charge in [-0.2, -0.15) is 0 Å². The fourth-order valence-electron chi connectivity index (χ4n) is 1.73. The number of Topliss-reactive ketones (excluding diaryl/α,β-unsaturated/α-hetero) is 1. The Labute approximate surface area is 138 Å². The third-order valence-corrected chi connectivity index (χ3v) is 3.49. The molecule has 0 aliphatic rings. The lowest BCUT2D eigenvalue weighted by Gasteiger charge is -2.10. The Morgan fingerprint density at radius 2 is 1.64 bits per heavy atom. The first-order valence-corrected chi connectivity index (χ1v) is 7.20. The average molecular weight is 338 g/mol. The number of carbonyl (C=O) groups is 2. The molecule has 114 valence electrons. The molecule has 0 fully saturated rings. The van der Waals surface area contributed by atoms with Crippen molar-refractivity contribution in [2.45, 2.75) is 6.92 Å². The Balaban J connectivity index is 1.94. The molecule has 0 radical (unpaired) electrons. The van der Waals surface area contributed by atoms with E-state index in [4.69, 9.17) is 27.9 Å². The predicted molar refractivity (Wildman–Crippen MR) is 87.0 cm³/mol. The van der Waals surface area contributed by atoms with Gasteiger partial charge in [0.25, 0.3) is 5.91 Å². The Morgan fingerprint density at radius 3 is 2.18 bits per heavy atom. The number of rotatable bonds is 5. The molecule has 2 rings (SSSR count). The van der Waals surface area contributed by atoms with Gasteiger partial charge in [-0.3, -0.25) is 9.59 Å². The predicted octanol–water partition coefficient (Wildman–Crippen LogP) is 4.21. The first-order chi connectivity index (χ1) is 10.5. The fraction of sp³-hybridized carbons (Fsp3) is 0.125. The number of ketones is 1. The van der Waals surface area contributed by atoms with E-state index in [0.29, 0.717) is 27.0 Å². The van der Waals surface area contributed by atoms with Crippen LogP contribution >= 0.6 is 23.2 Å². The number of carbonyl (C=O) groups excluding carboxylic acids is 2. The van der Waals surface area contributed by atoms with Crippen LogP contribution in [0.3, 0.4) is 0 Å². The summed E-state index contributed by atoms with van der Waals surface area (Å²) in [7, 11) is 0. The van der Waals surface area contributed by atoms with Gasteiger partial charge in [-0.15, -0.1) is 0 Å². The molecule has 2 aromatic rings. The minimum absolute atomic E-state index is 0.0299. The molecular weight excluding hydrogens is 325 g/mol. The van der Waals surface area contributed by atoms with E-state index >= 15 is 0 Å². The van der Waals surface area contributed by atoms with Crippen molar-refractivity contribution in [2.75, 3.05) is 11.9 Å². The number of ether oxygens (including phenoxy) is 1. The number of hydrogen-bond acceptors (Lipinski definition) is 3. The van der Waals surface area contributed by atoms with Crippen LogP contribution in [0.15, 0.2) is 42.5 Å². The van der Waals surface area contributed by atoms with Crippen LogP contribution in [0.2, 0.25) is 10.0 Å². The number of para-hydroxylation sites is 1. The topological polar surface area (TPSA) is 55.4 Å². The van der Waals surface area contributed by atoms with Gasteiger partial charge in [0.1, 0.15) is 5.75 Å². The quantitative estimate of drug-likeness (QED) is 0.831. The third kappa shape index (κ3) is 4.23. The van der Waals surface area contributed by atoms with Crippen LogP contribution in [-0.4, -0.2) is 18.3 Å². The summed E-state index contributed by atoms with van der Waals surface area (Å²) in [5.41, 5.74) is 0.936. The van der Waals surface area contributed by atoms with Gasteiger partial charge in [-0.05, 0) is 43.3 Å². The van der Waals surface area contributed by atoms with E-state index in [2.05, 4.69) is 5.32 Å². The van der Waals surface area contributed by atoms with E-state index in [1.165, 1.54) is 6.92 Å². The Hall–Kier alpha value is -2.04. The zero-order valence-corrected chi connectivity index (χ0v) is 13.2. The number of nitrogens with one attached hydrogen (secondary N) is 1. The lowest BCUT2D eigenvalue weighted by molar-refractivity contribution is -0.118. The Bertz CT molecular complexity index is 679. The molecule has 0 aliphatic heterocycles. The number of halogens is 2. The van der Waals surface area contributed by atoms with Gasteiger partial charge in [0.15, 0.2) is 12.4 Å². The van der Waals surface area contributed by atoms with Gasteiger partial charge in [0.05, 0.1) is 15.7 Å². The normalized spacial score (nSPS) is 10.1. The summed E-state index contributed by atoms with van der Waals surface area (Å²) >= 11 is 11.9. The van der Waals surface area contributed by atoms with E-state index in [1.54, 1.807) is 42.5 Å². The molecule has 4 nitrogen and oxygen atoms in total. The largest absolute Gasteiger partial charge is 0.484 e. The van der Waals surface area contributed by atoms with Crippen LogP contribution in [0.1, 0.15) is 17.3 Å². The first-order valence-electron chi connectivity index (χ1n) is 6.45. The summed E-state index contributed by atoms with van der Waals surface area (Å²) in [4.78, 5) is 23.0. The molecule has 22 heavy (non-hydrogen) atoms. The third-order valence-electron chi connectivity index (χ3n) is 2.86. The van der Waals surface area contributed by atoms with Crippen LogP contribution in [0, 0.1) is 0 Å². The van der Waals surface area contributed by atoms with Crippen LogP contribution in [-0.2, 0) is 4.79 Å². The lowest BCUT2D eigenvalue weighted by atomic mass is 10.1. The maximum Gasteiger partial charge on any atom is 0.262 e. The molecule has 0 aliphatic carbocycles. The number of anilines is 1. The molecule has 0 aromatic heterocycles. The molecule has 6 heteroatoms. The van der Waals surface area contributed by atoms with E-state index < -0.39 is 0 Å². The monoisotopic (exact) mass is 337 g/mol. The standard InChI is InChI=1S/C16H13Cl2NO3/c1-10(20)11-5-7-12(8-6-11)22-9-15(21)19-16-13(17)3-2-4-14(16)18/h2-8H,9H2,1H3,(H,19,21). The van der Waals surface area contributed by atoms with Crippen molar-refractivity contribution in [2.24, 2.45) is 0 Å². The van der Waals surface area contributed by atoms with E-state index in [0.717, 1.165) is 0 Å². The molecule has 0 saturated carbocycles. The van der Waals surface area contributed by atoms with Crippen molar-refractivity contribution in [3.05, 3.63) is 58.1 Å². The maximum atomic E-state index is 11.9. The molecule has 0 atom stereocenters. The summed E-state index contributed by atoms with van der Waals surface area (Å²) in [6.07, 6.45) is 0. The van der Waals surface area contributed by atoms with Crippen LogP contribution in [0.25, 0.3) is 0 Å². The van der Waals surface area contributed by atoms with Crippen molar-refractivity contribution in [1.82, 2.24) is 0 Å². The van der Waals surface area contributed by atoms with E-state index in [9.17, 15) is 9.59 Å². The van der Waals surface area contributed by atoms with Crippen molar-refractivity contribution in [1.29, 1.82) is 0 Å². The second kappa shape index (κ2) is 7.29. The zero-order valence-electron chi connectivity index (χ0n) is 11.7. The molecule has 2 aromatic carbocycles. The van der Waals surface area contributed by atoms with Crippen molar-refractivity contribution < 1.29 is 14.3 Å². The molecular formula is C16H13Cl2NO3. The van der Waals surface area contributed by atoms with Gasteiger partial charge in [0, 0.05) is 5.56 Å². The molecule has 0 saturated heterocycles. The number of hydrogen-bond donors (Lipinski definition) is 1. The fourth-order valence-corrected chi connectivity index (χ4v) is 2.22. The molecule has 0 bridgehead atoms. The van der Waals surface area contributed by atoms with Gasteiger partial charge in [0.2, 0.25) is 0 Å². The minimum atomic E-state index is -0.384. The SMILES string of the molecule is CC(=O)c1ccc(OCC(=O)Nc2c(Cl)cccc2Cl)cc1. The maximum absolute atomic E-state index is 11.9. The van der Waals surface area contributed by atoms with Gasteiger partial charge in [-0.25, -0.2) is 0 Å². The van der Waals surface area contributed by atoms with Crippen molar-refractivity contribution >= 4 is 40.6 Å². The molecule has 1 N–H and O–H groups in total. The van der Waals surface area contributed by atoms with Gasteiger partial charge in [-0.1, -0.05) is 29.3 Å². The lowest BCUT2D eigenvalue weighted by Crippen LogP contribution is -2.20. The molecule has 0 heterocycles. The average Bonchev–Trinajstić information content (AvgIpc) is 2.49. The number of amides is 1. The summed E-state index contributed by atoms with van der Waals surface area (Å²) < 4.78 is 5.34. The van der Waals surface area contributed by atoms with E-state index in [1.807, 2.05) is 0 Å². The van der Waals surface area contributed by atoms with E-state index in [-0.39, 0.29) is 18.3 Å². The van der Waals surface area contributed by atoms with Gasteiger partial charge >= 0.3 is 0 Å². The highest BCUT2D eigenvalue weighted by atomic mass is 35.5. The highest BCUT2D eigenvalue weighted by Crippen LogP contribution is 2.29. The Kier molecular flexibility index (Phi) is 5.41. The summed E-state index contributed by atoms with van der Waals surface area (Å²) in [6, 6.07) is 11.5. The first kappa shape index (κ1) is 16.3. The second-order valence-electron chi connectivity index (χ2n) is 4.51. The van der Waals surface area contributed by atoms with Crippen molar-refractivity contribution in [3.8, 4) is 5.75 Å². The molecule has 0 unspecified atom stereocenters. The van der Waals surface area contributed by atoms with Crippen molar-refractivity contribution in [3.63, 3.8) is 0 Å². The minimum Gasteiger partial charge on any atom is -0.484 e. The van der Waals surface area contributed by atoms with Gasteiger partial charge < -0.3 is 10.1 Å². The number of benzene rings is 2. The highest BCUT2D eigenvalue weighted by molar-refractivity contribution is 6.39. The summed E-state index contributed by atoms with van der Waals surface area (Å²) in [5, 5.41) is 3.30. The molecule has 0 spiro atoms. The second-order valence-corrected chi connectivity index (χ2v) is 5.33. The van der Waals surface area contributed by atoms with Crippen LogP contribution < -0.4 is 10.1 Å². The summed E-state index contributed by atoms with van der Waals surface area (Å²) in [5.74, 6) is 0.0775. The van der Waals surface area contributed by atoms with Crippen LogP contribution in [0.4, 0.5) is 5.69 Å². The summed E-state index contributed by atoms with van der Waals surface area (Å²) in [6.45, 7) is 1.29. The zero-order chi connectivity index (χ0) is 16.1. The van der Waals surface area contributed by atoms with Crippen LogP contribution in [0.5, 0.6) is 5.75 Å². The Morgan fingerprint density at radius 1 is 1.05 bits per heavy atom. The highest BCUT2D eigenvalue weighted by Gasteiger charge is 2.10. The molecule has 1 amide bonds.